The molecule has 0 amide bonds. The Balaban J connectivity index is 2.26. The predicted molar refractivity (Wildman–Crippen MR) is 70.0 cm³/mol. The largest absolute Gasteiger partial charge is 0.480 e. The number of carboxylic acids is 1. The molecule has 1 rings (SSSR count). The fourth-order valence-electron chi connectivity index (χ4n) is 2.66. The number of rotatable bonds is 4. The zero-order valence-corrected chi connectivity index (χ0v) is 11.6. The third-order valence-electron chi connectivity index (χ3n) is 4.15. The molecule has 0 aromatic carbocycles. The minimum absolute atomic E-state index is 0.421. The van der Waals surface area contributed by atoms with Gasteiger partial charge in [-0.2, -0.15) is 0 Å². The Morgan fingerprint density at radius 3 is 2.24 bits per heavy atom. The third kappa shape index (κ3) is 4.66. The number of nitrogens with one attached hydrogen (secondary N) is 1. The Morgan fingerprint density at radius 1 is 1.29 bits per heavy atom. The number of carbonyl (C=O) groups is 1. The maximum Gasteiger partial charge on any atom is 0.320 e. The van der Waals surface area contributed by atoms with Crippen molar-refractivity contribution < 1.29 is 9.90 Å². The molecule has 0 radical (unpaired) electrons. The van der Waals surface area contributed by atoms with Crippen LogP contribution in [0, 0.1) is 17.3 Å². The molecule has 2 N–H and O–H groups in total. The highest BCUT2D eigenvalue weighted by molar-refractivity contribution is 5.72. The lowest BCUT2D eigenvalue weighted by Gasteiger charge is -2.37. The van der Waals surface area contributed by atoms with Gasteiger partial charge in [0, 0.05) is 0 Å². The average molecular weight is 241 g/mol. The molecule has 1 atom stereocenters. The first-order valence-corrected chi connectivity index (χ1v) is 6.77. The number of aliphatic carboxylic acids is 1. The van der Waals surface area contributed by atoms with Crippen LogP contribution in [0.4, 0.5) is 0 Å². The van der Waals surface area contributed by atoms with E-state index in [0.717, 1.165) is 12.5 Å². The summed E-state index contributed by atoms with van der Waals surface area (Å²) in [5.41, 5.74) is 0.423. The van der Waals surface area contributed by atoms with Crippen molar-refractivity contribution in [2.75, 3.05) is 6.54 Å². The van der Waals surface area contributed by atoms with Crippen molar-refractivity contribution in [2.45, 2.75) is 59.4 Å². The molecule has 0 bridgehead atoms. The zero-order valence-electron chi connectivity index (χ0n) is 11.6. The van der Waals surface area contributed by atoms with E-state index in [1.54, 1.807) is 6.92 Å². The van der Waals surface area contributed by atoms with Crippen LogP contribution in [0.1, 0.15) is 53.4 Å². The van der Waals surface area contributed by atoms with E-state index in [2.05, 4.69) is 26.1 Å². The summed E-state index contributed by atoms with van der Waals surface area (Å²) in [5.74, 6) is 0.736. The highest BCUT2D eigenvalue weighted by Gasteiger charge is 2.29. The van der Waals surface area contributed by atoms with Crippen LogP contribution in [0.2, 0.25) is 0 Å². The third-order valence-corrected chi connectivity index (χ3v) is 4.15. The normalized spacial score (nSPS) is 27.8. The van der Waals surface area contributed by atoms with Crippen LogP contribution in [0.5, 0.6) is 0 Å². The topological polar surface area (TPSA) is 49.3 Å². The Morgan fingerprint density at radius 2 is 1.82 bits per heavy atom. The first kappa shape index (κ1) is 14.5. The monoisotopic (exact) mass is 241 g/mol. The number of carboxylic acid groups (broad SMARTS) is 1. The lowest BCUT2D eigenvalue weighted by atomic mass is 9.70. The molecular weight excluding hydrogens is 214 g/mol. The van der Waals surface area contributed by atoms with Gasteiger partial charge in [0.25, 0.3) is 0 Å². The van der Waals surface area contributed by atoms with Gasteiger partial charge in [0.15, 0.2) is 0 Å². The maximum atomic E-state index is 10.7. The highest BCUT2D eigenvalue weighted by atomic mass is 16.4. The molecular formula is C14H27NO2. The number of hydrogen-bond donors (Lipinski definition) is 2. The minimum Gasteiger partial charge on any atom is -0.480 e. The van der Waals surface area contributed by atoms with E-state index in [4.69, 9.17) is 5.11 Å². The summed E-state index contributed by atoms with van der Waals surface area (Å²) in [6.07, 6.45) is 5.05. The van der Waals surface area contributed by atoms with Crippen LogP contribution in [-0.4, -0.2) is 23.7 Å². The van der Waals surface area contributed by atoms with Crippen LogP contribution in [-0.2, 0) is 4.79 Å². The van der Waals surface area contributed by atoms with Crippen LogP contribution in [0.25, 0.3) is 0 Å². The molecule has 0 unspecified atom stereocenters. The fraction of sp³-hybridized carbons (Fsp3) is 0.929. The van der Waals surface area contributed by atoms with Gasteiger partial charge in [0.2, 0.25) is 0 Å². The standard InChI is InChI=1S/C14H27NO2/c1-10(13(16)17)15-9-11-5-7-12(8-6-11)14(2,3)4/h10-12,15H,5-9H2,1-4H3,(H,16,17)/t10-,11?,12?/m1/s1. The van der Waals surface area contributed by atoms with E-state index in [0.29, 0.717) is 11.3 Å². The van der Waals surface area contributed by atoms with Gasteiger partial charge in [-0.15, -0.1) is 0 Å². The van der Waals surface area contributed by atoms with Crippen LogP contribution in [0.15, 0.2) is 0 Å². The van der Waals surface area contributed by atoms with Gasteiger partial charge >= 0.3 is 5.97 Å². The summed E-state index contributed by atoms with van der Waals surface area (Å²) in [7, 11) is 0. The molecule has 0 spiro atoms. The van der Waals surface area contributed by atoms with Gasteiger partial charge in [-0.3, -0.25) is 4.79 Å². The maximum absolute atomic E-state index is 10.7. The summed E-state index contributed by atoms with van der Waals surface area (Å²) < 4.78 is 0. The summed E-state index contributed by atoms with van der Waals surface area (Å²) >= 11 is 0. The zero-order chi connectivity index (χ0) is 13.1. The highest BCUT2D eigenvalue weighted by Crippen LogP contribution is 2.39. The second-order valence-electron chi connectivity index (χ2n) is 6.55. The van der Waals surface area contributed by atoms with Gasteiger partial charge in [0.05, 0.1) is 0 Å². The molecule has 100 valence electrons. The predicted octanol–water partition coefficient (Wildman–Crippen LogP) is 2.90. The average Bonchev–Trinajstić information content (AvgIpc) is 2.25. The quantitative estimate of drug-likeness (QED) is 0.795. The van der Waals surface area contributed by atoms with E-state index >= 15 is 0 Å². The van der Waals surface area contributed by atoms with Gasteiger partial charge in [-0.1, -0.05) is 20.8 Å². The van der Waals surface area contributed by atoms with E-state index in [-0.39, 0.29) is 0 Å². The van der Waals surface area contributed by atoms with Crippen molar-refractivity contribution in [3.05, 3.63) is 0 Å². The van der Waals surface area contributed by atoms with Crippen molar-refractivity contribution in [2.24, 2.45) is 17.3 Å². The number of hydrogen-bond acceptors (Lipinski definition) is 2. The molecule has 0 aliphatic heterocycles. The van der Waals surface area contributed by atoms with Crippen molar-refractivity contribution >= 4 is 5.97 Å². The fourth-order valence-corrected chi connectivity index (χ4v) is 2.66. The summed E-state index contributed by atoms with van der Waals surface area (Å²) in [6.45, 7) is 9.53. The Labute approximate surface area is 105 Å². The van der Waals surface area contributed by atoms with Gasteiger partial charge < -0.3 is 10.4 Å². The molecule has 1 aliphatic carbocycles. The molecule has 3 heteroatoms. The molecule has 3 nitrogen and oxygen atoms in total. The minimum atomic E-state index is -0.756. The van der Waals surface area contributed by atoms with Gasteiger partial charge in [-0.25, -0.2) is 0 Å². The summed E-state index contributed by atoms with van der Waals surface area (Å²) in [5, 5.41) is 11.9. The Kier molecular flexibility index (Phi) is 4.99. The second-order valence-corrected chi connectivity index (χ2v) is 6.55. The molecule has 17 heavy (non-hydrogen) atoms. The first-order valence-electron chi connectivity index (χ1n) is 6.77. The first-order chi connectivity index (χ1) is 7.80. The van der Waals surface area contributed by atoms with Crippen molar-refractivity contribution in [3.63, 3.8) is 0 Å². The molecule has 1 fully saturated rings. The van der Waals surface area contributed by atoms with Crippen molar-refractivity contribution in [1.82, 2.24) is 5.32 Å². The smallest absolute Gasteiger partial charge is 0.320 e. The summed E-state index contributed by atoms with van der Waals surface area (Å²) in [6, 6.07) is -0.421. The molecule has 0 aromatic rings. The molecule has 0 heterocycles. The Hall–Kier alpha value is -0.570. The molecule has 1 aliphatic rings. The van der Waals surface area contributed by atoms with Crippen LogP contribution < -0.4 is 5.32 Å². The van der Waals surface area contributed by atoms with Crippen LogP contribution >= 0.6 is 0 Å². The van der Waals surface area contributed by atoms with Crippen LogP contribution in [0.3, 0.4) is 0 Å². The Bertz CT molecular complexity index is 249. The van der Waals surface area contributed by atoms with Gasteiger partial charge in [0.1, 0.15) is 6.04 Å². The molecule has 0 saturated heterocycles. The SMILES string of the molecule is C[C@@H](NCC1CCC(C(C)(C)C)CC1)C(=O)O. The lowest BCUT2D eigenvalue weighted by molar-refractivity contribution is -0.139. The van der Waals surface area contributed by atoms with Crippen molar-refractivity contribution in [3.8, 4) is 0 Å². The van der Waals surface area contributed by atoms with E-state index in [9.17, 15) is 4.79 Å². The van der Waals surface area contributed by atoms with E-state index < -0.39 is 12.0 Å². The lowest BCUT2D eigenvalue weighted by Crippen LogP contribution is -2.38. The van der Waals surface area contributed by atoms with Crippen molar-refractivity contribution in [1.29, 1.82) is 0 Å². The second kappa shape index (κ2) is 5.85. The summed E-state index contributed by atoms with van der Waals surface area (Å²) in [4.78, 5) is 10.7. The van der Waals surface area contributed by atoms with E-state index in [1.807, 2.05) is 0 Å². The molecule has 0 aromatic heterocycles. The molecule has 1 saturated carbocycles. The van der Waals surface area contributed by atoms with E-state index in [1.165, 1.54) is 25.7 Å². The van der Waals surface area contributed by atoms with Gasteiger partial charge in [-0.05, 0) is 56.4 Å².